The molecule has 0 atom stereocenters. The molecule has 4 nitrogen and oxygen atoms in total. The normalized spacial score (nSPS) is 11.6. The van der Waals surface area contributed by atoms with Crippen LogP contribution >= 0.6 is 0 Å². The summed E-state index contributed by atoms with van der Waals surface area (Å²) in [7, 11) is 1.66. The third kappa shape index (κ3) is 2.57. The summed E-state index contributed by atoms with van der Waals surface area (Å²) >= 11 is 0. The van der Waals surface area contributed by atoms with Crippen molar-refractivity contribution in [1.29, 1.82) is 0 Å². The van der Waals surface area contributed by atoms with E-state index in [0.29, 0.717) is 5.69 Å². The predicted molar refractivity (Wildman–Crippen MR) is 78.4 cm³/mol. The molecule has 0 saturated carbocycles. The third-order valence-corrected chi connectivity index (χ3v) is 3.04. The lowest BCUT2D eigenvalue weighted by Crippen LogP contribution is -2.22. The molecule has 1 heterocycles. The number of rotatable bonds is 2. The number of benzene rings is 1. The van der Waals surface area contributed by atoms with E-state index in [0.717, 1.165) is 22.6 Å². The fourth-order valence-corrected chi connectivity index (χ4v) is 1.95. The fourth-order valence-electron chi connectivity index (χ4n) is 1.95. The number of nitrogens with zero attached hydrogens (tertiary/aromatic N) is 2. The van der Waals surface area contributed by atoms with Gasteiger partial charge < -0.3 is 10.5 Å². The first-order valence-corrected chi connectivity index (χ1v) is 6.33. The molecule has 1 aromatic heterocycles. The highest BCUT2D eigenvalue weighted by Crippen LogP contribution is 2.34. The Morgan fingerprint density at radius 1 is 1.26 bits per heavy atom. The van der Waals surface area contributed by atoms with Gasteiger partial charge in [-0.2, -0.15) is 5.10 Å². The number of nitrogens with two attached hydrogens (primary N) is 1. The van der Waals surface area contributed by atoms with E-state index in [4.69, 9.17) is 10.5 Å². The van der Waals surface area contributed by atoms with Crippen LogP contribution in [0.1, 0.15) is 26.3 Å². The molecule has 2 N–H and O–H groups in total. The van der Waals surface area contributed by atoms with Crippen LogP contribution in [0.5, 0.6) is 5.75 Å². The monoisotopic (exact) mass is 259 g/mol. The zero-order valence-electron chi connectivity index (χ0n) is 12.2. The molecule has 102 valence electrons. The van der Waals surface area contributed by atoms with E-state index >= 15 is 0 Å². The van der Waals surface area contributed by atoms with Crippen LogP contribution in [-0.4, -0.2) is 16.9 Å². The fraction of sp³-hybridized carbons (Fsp3) is 0.400. The van der Waals surface area contributed by atoms with E-state index in [1.807, 2.05) is 36.0 Å². The molecule has 0 fully saturated rings. The maximum Gasteiger partial charge on any atom is 0.128 e. The Balaban J connectivity index is 2.59. The highest BCUT2D eigenvalue weighted by molar-refractivity contribution is 5.77. The minimum Gasteiger partial charge on any atom is -0.496 e. The standard InChI is InChI=1S/C15H21N3O/c1-10-6-7-13(19-5)11(8-10)14-12(16)9-18(17-14)15(2,3)4/h6-9H,16H2,1-5H3. The van der Waals surface area contributed by atoms with E-state index in [2.05, 4.69) is 25.9 Å². The van der Waals surface area contributed by atoms with Gasteiger partial charge in [0.15, 0.2) is 0 Å². The van der Waals surface area contributed by atoms with Crippen LogP contribution in [-0.2, 0) is 5.54 Å². The van der Waals surface area contributed by atoms with Gasteiger partial charge in [-0.05, 0) is 39.8 Å². The van der Waals surface area contributed by atoms with Gasteiger partial charge in [-0.25, -0.2) is 0 Å². The van der Waals surface area contributed by atoms with Crippen molar-refractivity contribution in [3.8, 4) is 17.0 Å². The lowest BCUT2D eigenvalue weighted by molar-refractivity contribution is 0.356. The zero-order valence-corrected chi connectivity index (χ0v) is 12.2. The molecule has 2 rings (SSSR count). The number of aryl methyl sites for hydroxylation is 1. The van der Waals surface area contributed by atoms with E-state index in [9.17, 15) is 0 Å². The molecule has 0 aliphatic carbocycles. The molecule has 0 unspecified atom stereocenters. The average Bonchev–Trinajstić information content (AvgIpc) is 2.71. The topological polar surface area (TPSA) is 53.1 Å². The van der Waals surface area contributed by atoms with Crippen molar-refractivity contribution in [2.24, 2.45) is 0 Å². The molecular weight excluding hydrogens is 238 g/mol. The van der Waals surface area contributed by atoms with Crippen LogP contribution < -0.4 is 10.5 Å². The molecule has 0 aliphatic heterocycles. The zero-order chi connectivity index (χ0) is 14.2. The van der Waals surface area contributed by atoms with Gasteiger partial charge in [0, 0.05) is 11.8 Å². The lowest BCUT2D eigenvalue weighted by atomic mass is 10.1. The van der Waals surface area contributed by atoms with Crippen LogP contribution in [0.25, 0.3) is 11.3 Å². The highest BCUT2D eigenvalue weighted by atomic mass is 16.5. The van der Waals surface area contributed by atoms with Crippen molar-refractivity contribution < 1.29 is 4.74 Å². The van der Waals surface area contributed by atoms with Gasteiger partial charge in [0.25, 0.3) is 0 Å². The van der Waals surface area contributed by atoms with E-state index in [1.165, 1.54) is 0 Å². The second kappa shape index (κ2) is 4.61. The first kappa shape index (κ1) is 13.5. The number of nitrogen functional groups attached to an aromatic ring is 1. The first-order valence-electron chi connectivity index (χ1n) is 6.33. The van der Waals surface area contributed by atoms with Crippen LogP contribution in [0.2, 0.25) is 0 Å². The van der Waals surface area contributed by atoms with Gasteiger partial charge in [-0.15, -0.1) is 0 Å². The molecule has 0 spiro atoms. The molecule has 1 aromatic carbocycles. The second-order valence-corrected chi connectivity index (χ2v) is 5.75. The number of ether oxygens (including phenoxy) is 1. The number of methoxy groups -OCH3 is 1. The molecule has 4 heteroatoms. The van der Waals surface area contributed by atoms with Crippen LogP contribution in [0.15, 0.2) is 24.4 Å². The summed E-state index contributed by atoms with van der Waals surface area (Å²) in [6, 6.07) is 6.00. The van der Waals surface area contributed by atoms with E-state index in [-0.39, 0.29) is 5.54 Å². The van der Waals surface area contributed by atoms with Crippen molar-refractivity contribution in [2.45, 2.75) is 33.2 Å². The number of aromatic nitrogens is 2. The molecule has 19 heavy (non-hydrogen) atoms. The molecular formula is C15H21N3O. The molecule has 0 aliphatic rings. The van der Waals surface area contributed by atoms with E-state index in [1.54, 1.807) is 7.11 Å². The largest absolute Gasteiger partial charge is 0.496 e. The van der Waals surface area contributed by atoms with E-state index < -0.39 is 0 Å². The maximum absolute atomic E-state index is 6.10. The maximum atomic E-state index is 6.10. The smallest absolute Gasteiger partial charge is 0.128 e. The van der Waals surface area contributed by atoms with Crippen LogP contribution in [0.4, 0.5) is 5.69 Å². The van der Waals surface area contributed by atoms with Crippen molar-refractivity contribution >= 4 is 5.69 Å². The Kier molecular flexibility index (Phi) is 3.27. The first-order chi connectivity index (χ1) is 8.82. The summed E-state index contributed by atoms with van der Waals surface area (Å²) in [4.78, 5) is 0. The van der Waals surface area contributed by atoms with Crippen LogP contribution in [0.3, 0.4) is 0 Å². The third-order valence-electron chi connectivity index (χ3n) is 3.04. The summed E-state index contributed by atoms with van der Waals surface area (Å²) in [5, 5.41) is 4.61. The SMILES string of the molecule is COc1ccc(C)cc1-c1nn(C(C)(C)C)cc1N. The van der Waals surface area contributed by atoms with Crippen molar-refractivity contribution in [2.75, 3.05) is 12.8 Å². The molecule has 0 saturated heterocycles. The Morgan fingerprint density at radius 2 is 1.95 bits per heavy atom. The molecule has 0 amide bonds. The Bertz CT molecular complexity index is 594. The van der Waals surface area contributed by atoms with Crippen molar-refractivity contribution in [3.05, 3.63) is 30.0 Å². The number of hydrogen-bond donors (Lipinski definition) is 1. The van der Waals surface area contributed by atoms with Gasteiger partial charge in [0.2, 0.25) is 0 Å². The number of anilines is 1. The van der Waals surface area contributed by atoms with Gasteiger partial charge in [0.05, 0.1) is 18.3 Å². The quantitative estimate of drug-likeness (QED) is 0.901. The summed E-state index contributed by atoms with van der Waals surface area (Å²) < 4.78 is 7.29. The van der Waals surface area contributed by atoms with Gasteiger partial charge in [0.1, 0.15) is 11.4 Å². The number of hydrogen-bond acceptors (Lipinski definition) is 3. The average molecular weight is 259 g/mol. The van der Waals surface area contributed by atoms with Crippen molar-refractivity contribution in [1.82, 2.24) is 9.78 Å². The lowest BCUT2D eigenvalue weighted by Gasteiger charge is -2.18. The van der Waals surface area contributed by atoms with Crippen LogP contribution in [0, 0.1) is 6.92 Å². The molecule has 2 aromatic rings. The summed E-state index contributed by atoms with van der Waals surface area (Å²) in [5.74, 6) is 0.788. The molecule has 0 radical (unpaired) electrons. The molecule has 0 bridgehead atoms. The Labute approximate surface area is 114 Å². The van der Waals surface area contributed by atoms with Gasteiger partial charge >= 0.3 is 0 Å². The van der Waals surface area contributed by atoms with Crippen molar-refractivity contribution in [3.63, 3.8) is 0 Å². The van der Waals surface area contributed by atoms with Gasteiger partial charge in [-0.1, -0.05) is 11.6 Å². The summed E-state index contributed by atoms with van der Waals surface area (Å²) in [5.41, 5.74) is 9.54. The van der Waals surface area contributed by atoms with Gasteiger partial charge in [-0.3, -0.25) is 4.68 Å². The Hall–Kier alpha value is -1.97. The summed E-state index contributed by atoms with van der Waals surface area (Å²) in [6.07, 6.45) is 1.87. The minimum absolute atomic E-state index is 0.0938. The second-order valence-electron chi connectivity index (χ2n) is 5.75. The predicted octanol–water partition coefficient (Wildman–Crippen LogP) is 3.20. The Morgan fingerprint density at radius 3 is 2.47 bits per heavy atom. The minimum atomic E-state index is -0.0938. The summed E-state index contributed by atoms with van der Waals surface area (Å²) in [6.45, 7) is 8.32. The highest BCUT2D eigenvalue weighted by Gasteiger charge is 2.19.